The van der Waals surface area contributed by atoms with Gasteiger partial charge in [-0.05, 0) is 6.92 Å². The van der Waals surface area contributed by atoms with Crippen molar-refractivity contribution in [3.05, 3.63) is 12.4 Å². The number of nitrogens with one attached hydrogen (secondary N) is 1. The van der Waals surface area contributed by atoms with E-state index < -0.39 is 0 Å². The molecule has 1 fully saturated rings. The van der Waals surface area contributed by atoms with Crippen LogP contribution in [-0.2, 0) is 9.47 Å². The minimum Gasteiger partial charge on any atom is -0.478 e. The van der Waals surface area contributed by atoms with E-state index in [4.69, 9.17) is 14.2 Å². The summed E-state index contributed by atoms with van der Waals surface area (Å²) < 4.78 is 16.1. The molecule has 0 aliphatic carbocycles. The second-order valence-electron chi connectivity index (χ2n) is 3.62. The van der Waals surface area contributed by atoms with Crippen LogP contribution in [-0.4, -0.2) is 49.0 Å². The number of hydrogen-bond acceptors (Lipinski definition) is 6. The number of anilines is 1. The summed E-state index contributed by atoms with van der Waals surface area (Å²) in [4.78, 5) is 8.10. The lowest BCUT2D eigenvalue weighted by Crippen LogP contribution is -2.34. The number of ether oxygens (including phenoxy) is 3. The Labute approximate surface area is 100 Å². The molecule has 1 unspecified atom stereocenters. The summed E-state index contributed by atoms with van der Waals surface area (Å²) in [6.45, 7) is 5.14. The van der Waals surface area contributed by atoms with Crippen LogP contribution in [0.2, 0.25) is 0 Å². The van der Waals surface area contributed by atoms with Crippen LogP contribution in [0.1, 0.15) is 6.92 Å². The van der Waals surface area contributed by atoms with Crippen LogP contribution in [0.15, 0.2) is 12.4 Å². The summed E-state index contributed by atoms with van der Waals surface area (Å²) in [5, 5.41) is 3.18. The van der Waals surface area contributed by atoms with Crippen molar-refractivity contribution in [2.45, 2.75) is 13.0 Å². The maximum Gasteiger partial charge on any atom is 0.218 e. The van der Waals surface area contributed by atoms with Crippen LogP contribution < -0.4 is 10.1 Å². The van der Waals surface area contributed by atoms with Gasteiger partial charge in [-0.25, -0.2) is 9.97 Å². The molecule has 0 aromatic carbocycles. The van der Waals surface area contributed by atoms with Crippen LogP contribution in [0.3, 0.4) is 0 Å². The van der Waals surface area contributed by atoms with Crippen LogP contribution in [0, 0.1) is 0 Å². The molecule has 0 saturated carbocycles. The molecule has 1 atom stereocenters. The molecule has 1 N–H and O–H groups in total. The van der Waals surface area contributed by atoms with Gasteiger partial charge in [0.25, 0.3) is 0 Å². The Hall–Kier alpha value is -1.40. The monoisotopic (exact) mass is 239 g/mol. The molecule has 1 aliphatic rings. The molecule has 94 valence electrons. The van der Waals surface area contributed by atoms with E-state index in [0.717, 1.165) is 5.82 Å². The van der Waals surface area contributed by atoms with E-state index in [0.29, 0.717) is 38.9 Å². The van der Waals surface area contributed by atoms with E-state index in [1.807, 2.05) is 6.92 Å². The Morgan fingerprint density at radius 3 is 3.18 bits per heavy atom. The van der Waals surface area contributed by atoms with Gasteiger partial charge in [0.15, 0.2) is 0 Å². The quantitative estimate of drug-likeness (QED) is 0.816. The fourth-order valence-corrected chi connectivity index (χ4v) is 1.54. The van der Waals surface area contributed by atoms with Gasteiger partial charge in [-0.2, -0.15) is 0 Å². The van der Waals surface area contributed by atoms with E-state index in [1.165, 1.54) is 6.33 Å². The summed E-state index contributed by atoms with van der Waals surface area (Å²) >= 11 is 0. The van der Waals surface area contributed by atoms with Gasteiger partial charge in [-0.15, -0.1) is 0 Å². The van der Waals surface area contributed by atoms with E-state index in [-0.39, 0.29) is 6.10 Å². The highest BCUT2D eigenvalue weighted by atomic mass is 16.6. The van der Waals surface area contributed by atoms with Gasteiger partial charge >= 0.3 is 0 Å². The van der Waals surface area contributed by atoms with Crippen molar-refractivity contribution in [2.75, 3.05) is 38.3 Å². The lowest BCUT2D eigenvalue weighted by molar-refractivity contribution is -0.0819. The molecule has 2 heterocycles. The number of rotatable bonds is 5. The average molecular weight is 239 g/mol. The van der Waals surface area contributed by atoms with Crippen molar-refractivity contribution < 1.29 is 14.2 Å². The molecule has 0 radical (unpaired) electrons. The fraction of sp³-hybridized carbons (Fsp3) is 0.636. The van der Waals surface area contributed by atoms with Gasteiger partial charge in [-0.1, -0.05) is 0 Å². The molecule has 0 amide bonds. The average Bonchev–Trinajstić information content (AvgIpc) is 2.39. The molecule has 0 spiro atoms. The standard InChI is InChI=1S/C11H17N3O3/c1-2-16-11-5-10(13-8-14-11)12-6-9-7-15-3-4-17-9/h5,8-9H,2-4,6-7H2,1H3,(H,12,13,14). The first-order valence-electron chi connectivity index (χ1n) is 5.76. The normalized spacial score (nSPS) is 19.9. The zero-order chi connectivity index (χ0) is 11.9. The lowest BCUT2D eigenvalue weighted by atomic mass is 10.3. The summed E-state index contributed by atoms with van der Waals surface area (Å²) in [6, 6.07) is 1.77. The van der Waals surface area contributed by atoms with Gasteiger partial charge in [0.05, 0.1) is 32.5 Å². The molecular formula is C11H17N3O3. The zero-order valence-electron chi connectivity index (χ0n) is 9.89. The Kier molecular flexibility index (Phi) is 4.52. The summed E-state index contributed by atoms with van der Waals surface area (Å²) in [7, 11) is 0. The SMILES string of the molecule is CCOc1cc(NCC2COCCO2)ncn1. The Morgan fingerprint density at radius 2 is 2.41 bits per heavy atom. The molecular weight excluding hydrogens is 222 g/mol. The zero-order valence-corrected chi connectivity index (χ0v) is 9.89. The van der Waals surface area contributed by atoms with E-state index >= 15 is 0 Å². The smallest absolute Gasteiger partial charge is 0.218 e. The summed E-state index contributed by atoms with van der Waals surface area (Å²) in [5.41, 5.74) is 0. The molecule has 1 aromatic heterocycles. The lowest BCUT2D eigenvalue weighted by Gasteiger charge is -2.23. The van der Waals surface area contributed by atoms with Crippen molar-refractivity contribution in [2.24, 2.45) is 0 Å². The van der Waals surface area contributed by atoms with Gasteiger partial charge in [-0.3, -0.25) is 0 Å². The van der Waals surface area contributed by atoms with Gasteiger partial charge in [0.2, 0.25) is 5.88 Å². The Morgan fingerprint density at radius 1 is 1.47 bits per heavy atom. The largest absolute Gasteiger partial charge is 0.478 e. The second-order valence-corrected chi connectivity index (χ2v) is 3.62. The van der Waals surface area contributed by atoms with E-state index in [2.05, 4.69) is 15.3 Å². The highest BCUT2D eigenvalue weighted by Gasteiger charge is 2.14. The van der Waals surface area contributed by atoms with Crippen LogP contribution >= 0.6 is 0 Å². The molecule has 6 heteroatoms. The molecule has 1 saturated heterocycles. The minimum atomic E-state index is 0.0780. The first-order chi connectivity index (χ1) is 8.38. The first-order valence-corrected chi connectivity index (χ1v) is 5.76. The third-order valence-electron chi connectivity index (χ3n) is 2.33. The van der Waals surface area contributed by atoms with Gasteiger partial charge in [0.1, 0.15) is 12.1 Å². The topological polar surface area (TPSA) is 65.5 Å². The fourth-order valence-electron chi connectivity index (χ4n) is 1.54. The Bertz CT molecular complexity index is 342. The third-order valence-corrected chi connectivity index (χ3v) is 2.33. The number of aromatic nitrogens is 2. The van der Waals surface area contributed by atoms with Crippen LogP contribution in [0.25, 0.3) is 0 Å². The second kappa shape index (κ2) is 6.36. The van der Waals surface area contributed by atoms with Gasteiger partial charge < -0.3 is 19.5 Å². The summed E-state index contributed by atoms with van der Waals surface area (Å²) in [6.07, 6.45) is 1.56. The molecule has 1 aliphatic heterocycles. The highest BCUT2D eigenvalue weighted by Crippen LogP contribution is 2.11. The van der Waals surface area contributed by atoms with Crippen molar-refractivity contribution in [3.63, 3.8) is 0 Å². The maximum absolute atomic E-state index is 5.52. The van der Waals surface area contributed by atoms with Crippen molar-refractivity contribution in [1.82, 2.24) is 9.97 Å². The summed E-state index contributed by atoms with van der Waals surface area (Å²) in [5.74, 6) is 1.31. The molecule has 0 bridgehead atoms. The molecule has 6 nitrogen and oxygen atoms in total. The third kappa shape index (κ3) is 3.83. The van der Waals surface area contributed by atoms with E-state index in [9.17, 15) is 0 Å². The number of hydrogen-bond donors (Lipinski definition) is 1. The molecule has 17 heavy (non-hydrogen) atoms. The van der Waals surface area contributed by atoms with Crippen molar-refractivity contribution in [1.29, 1.82) is 0 Å². The first kappa shape index (κ1) is 12.1. The van der Waals surface area contributed by atoms with E-state index in [1.54, 1.807) is 6.07 Å². The molecule has 1 aromatic rings. The van der Waals surface area contributed by atoms with Crippen molar-refractivity contribution in [3.8, 4) is 5.88 Å². The molecule has 2 rings (SSSR count). The van der Waals surface area contributed by atoms with Crippen LogP contribution in [0.5, 0.6) is 5.88 Å². The highest BCUT2D eigenvalue weighted by molar-refractivity contribution is 5.37. The van der Waals surface area contributed by atoms with Gasteiger partial charge in [0, 0.05) is 12.6 Å². The predicted octanol–water partition coefficient (Wildman–Crippen LogP) is 0.703. The predicted molar refractivity (Wildman–Crippen MR) is 62.2 cm³/mol. The Balaban J connectivity index is 1.83. The van der Waals surface area contributed by atoms with Crippen LogP contribution in [0.4, 0.5) is 5.82 Å². The van der Waals surface area contributed by atoms with Crippen molar-refractivity contribution >= 4 is 5.82 Å². The minimum absolute atomic E-state index is 0.0780. The maximum atomic E-state index is 5.52. The number of nitrogens with zero attached hydrogens (tertiary/aromatic N) is 2.